The molecule has 9 nitrogen and oxygen atoms in total. The van der Waals surface area contributed by atoms with E-state index in [1.54, 1.807) is 12.3 Å². The Bertz CT molecular complexity index is 1200. The van der Waals surface area contributed by atoms with Crippen molar-refractivity contribution in [2.45, 2.75) is 24.7 Å². The largest absolute Gasteiger partial charge is 0.492 e. The minimum absolute atomic E-state index is 0.189. The molecule has 3 aromatic heterocycles. The van der Waals surface area contributed by atoms with Crippen molar-refractivity contribution < 1.29 is 17.7 Å². The number of aromatic nitrogens is 4. The average molecular weight is 456 g/mol. The maximum atomic E-state index is 11.6. The first-order valence-electron chi connectivity index (χ1n) is 10.6. The first kappa shape index (κ1) is 20.9. The van der Waals surface area contributed by atoms with Crippen LogP contribution in [0, 0.1) is 17.8 Å². The molecular formula is C22H25N5O4S. The Morgan fingerprint density at radius 1 is 1.09 bits per heavy atom. The monoisotopic (exact) mass is 455 g/mol. The Labute approximate surface area is 186 Å². The second-order valence-electron chi connectivity index (χ2n) is 8.83. The van der Waals surface area contributed by atoms with Crippen LogP contribution in [0.15, 0.2) is 46.1 Å². The fourth-order valence-corrected chi connectivity index (χ4v) is 4.76. The number of hydrogen-bond donors (Lipinski definition) is 0. The fraction of sp³-hybridized carbons (Fsp3) is 0.455. The third kappa shape index (κ3) is 4.06. The highest BCUT2D eigenvalue weighted by Gasteiger charge is 2.56. The number of piperidine rings is 1. The van der Waals surface area contributed by atoms with Crippen LogP contribution in [0.2, 0.25) is 0 Å². The SMILES string of the molecule is CC(C)c1noc(N2CC3C(COc4ccc(-c5ccc(S(C)(=O)=O)cn5)nc4)[C@@H]3C2)n1. The molecule has 10 heteroatoms. The summed E-state index contributed by atoms with van der Waals surface area (Å²) in [6.45, 7) is 6.61. The van der Waals surface area contributed by atoms with E-state index in [0.717, 1.165) is 25.2 Å². The van der Waals surface area contributed by atoms with Crippen molar-refractivity contribution in [1.82, 2.24) is 20.1 Å². The Balaban J connectivity index is 1.13. The predicted octanol–water partition coefficient (Wildman–Crippen LogP) is 2.81. The number of fused-ring (bicyclic) bond motifs is 1. The molecule has 32 heavy (non-hydrogen) atoms. The van der Waals surface area contributed by atoms with Crippen LogP contribution in [-0.2, 0) is 9.84 Å². The van der Waals surface area contributed by atoms with E-state index in [1.165, 1.54) is 12.3 Å². The van der Waals surface area contributed by atoms with E-state index in [1.807, 2.05) is 12.1 Å². The number of nitrogens with zero attached hydrogens (tertiary/aromatic N) is 5. The maximum Gasteiger partial charge on any atom is 0.324 e. The third-order valence-electron chi connectivity index (χ3n) is 6.20. The Morgan fingerprint density at radius 2 is 1.78 bits per heavy atom. The molecule has 3 aromatic rings. The standard InChI is InChI=1S/C22H25N5O4S/c1-13(2)21-25-22(31-26-21)27-10-16-17(11-27)18(16)12-30-14-4-6-19(23-8-14)20-7-5-15(9-24-20)32(3,28)29/h4-9,13,16-18H,10-12H2,1-3H3/t16-,17?,18?/m1/s1. The number of ether oxygens (including phenoxy) is 1. The van der Waals surface area contributed by atoms with Gasteiger partial charge in [0.1, 0.15) is 5.75 Å². The van der Waals surface area contributed by atoms with E-state index >= 15 is 0 Å². The van der Waals surface area contributed by atoms with Gasteiger partial charge in [-0.05, 0) is 36.1 Å². The van der Waals surface area contributed by atoms with Gasteiger partial charge in [-0.2, -0.15) is 4.98 Å². The quantitative estimate of drug-likeness (QED) is 0.531. The molecule has 1 saturated heterocycles. The molecule has 1 saturated carbocycles. The molecule has 5 rings (SSSR count). The van der Waals surface area contributed by atoms with Crippen LogP contribution in [0.3, 0.4) is 0 Å². The molecular weight excluding hydrogens is 430 g/mol. The van der Waals surface area contributed by atoms with Gasteiger partial charge < -0.3 is 14.2 Å². The van der Waals surface area contributed by atoms with Gasteiger partial charge in [0.05, 0.1) is 29.1 Å². The van der Waals surface area contributed by atoms with E-state index in [0.29, 0.717) is 47.5 Å². The number of sulfone groups is 1. The lowest BCUT2D eigenvalue weighted by molar-refractivity contribution is 0.281. The van der Waals surface area contributed by atoms with Gasteiger partial charge in [-0.3, -0.25) is 9.97 Å². The minimum atomic E-state index is -3.26. The molecule has 1 aliphatic carbocycles. The number of pyridine rings is 2. The van der Waals surface area contributed by atoms with Crippen LogP contribution in [0.5, 0.6) is 5.75 Å². The van der Waals surface area contributed by atoms with Crippen LogP contribution in [-0.4, -0.2) is 54.5 Å². The van der Waals surface area contributed by atoms with Crippen molar-refractivity contribution in [1.29, 1.82) is 0 Å². The second-order valence-corrected chi connectivity index (χ2v) is 10.8. The molecule has 0 N–H and O–H groups in total. The summed E-state index contributed by atoms with van der Waals surface area (Å²) >= 11 is 0. The van der Waals surface area contributed by atoms with E-state index < -0.39 is 9.84 Å². The molecule has 0 spiro atoms. The van der Waals surface area contributed by atoms with Crippen molar-refractivity contribution in [3.05, 3.63) is 42.5 Å². The molecule has 0 radical (unpaired) electrons. The summed E-state index contributed by atoms with van der Waals surface area (Å²) in [5.74, 6) is 3.43. The average Bonchev–Trinajstić information content (AvgIpc) is 3.16. The van der Waals surface area contributed by atoms with Gasteiger partial charge in [-0.15, -0.1) is 0 Å². The van der Waals surface area contributed by atoms with Crippen molar-refractivity contribution in [2.75, 3.05) is 30.9 Å². The maximum absolute atomic E-state index is 11.6. The topological polar surface area (TPSA) is 111 Å². The fourth-order valence-electron chi connectivity index (χ4n) is 4.20. The second kappa shape index (κ2) is 7.84. The summed E-state index contributed by atoms with van der Waals surface area (Å²) < 4.78 is 34.5. The first-order valence-corrected chi connectivity index (χ1v) is 12.5. The van der Waals surface area contributed by atoms with Gasteiger partial charge in [0.2, 0.25) is 0 Å². The summed E-state index contributed by atoms with van der Waals surface area (Å²) in [4.78, 5) is 15.5. The number of anilines is 1. The molecule has 168 valence electrons. The van der Waals surface area contributed by atoms with Gasteiger partial charge in [0, 0.05) is 37.4 Å². The zero-order chi connectivity index (χ0) is 22.5. The van der Waals surface area contributed by atoms with Crippen molar-refractivity contribution in [2.24, 2.45) is 17.8 Å². The zero-order valence-corrected chi connectivity index (χ0v) is 19.0. The van der Waals surface area contributed by atoms with Gasteiger partial charge in [-0.1, -0.05) is 19.0 Å². The normalized spacial score (nSPS) is 22.2. The third-order valence-corrected chi connectivity index (χ3v) is 7.29. The lowest BCUT2D eigenvalue weighted by atomic mass is 10.2. The highest BCUT2D eigenvalue weighted by atomic mass is 32.2. The number of rotatable bonds is 7. The van der Waals surface area contributed by atoms with Crippen LogP contribution < -0.4 is 9.64 Å². The van der Waals surface area contributed by atoms with Gasteiger partial charge in [0.25, 0.3) is 0 Å². The van der Waals surface area contributed by atoms with Gasteiger partial charge in [-0.25, -0.2) is 8.42 Å². The molecule has 2 unspecified atom stereocenters. The van der Waals surface area contributed by atoms with Gasteiger partial charge in [0.15, 0.2) is 15.7 Å². The highest BCUT2D eigenvalue weighted by molar-refractivity contribution is 7.90. The van der Waals surface area contributed by atoms with E-state index in [2.05, 4.69) is 38.9 Å². The Morgan fingerprint density at radius 3 is 2.31 bits per heavy atom. The summed E-state index contributed by atoms with van der Waals surface area (Å²) in [7, 11) is -3.26. The summed E-state index contributed by atoms with van der Waals surface area (Å²) in [5, 5.41) is 4.05. The minimum Gasteiger partial charge on any atom is -0.492 e. The van der Waals surface area contributed by atoms with Crippen LogP contribution >= 0.6 is 0 Å². The van der Waals surface area contributed by atoms with Crippen molar-refractivity contribution in [3.8, 4) is 17.1 Å². The van der Waals surface area contributed by atoms with E-state index in [9.17, 15) is 8.42 Å². The summed E-state index contributed by atoms with van der Waals surface area (Å²) in [6.07, 6.45) is 4.19. The molecule has 0 bridgehead atoms. The molecule has 2 fully saturated rings. The van der Waals surface area contributed by atoms with E-state index in [4.69, 9.17) is 9.26 Å². The van der Waals surface area contributed by atoms with Crippen LogP contribution in [0.1, 0.15) is 25.6 Å². The highest BCUT2D eigenvalue weighted by Crippen LogP contribution is 2.52. The van der Waals surface area contributed by atoms with Gasteiger partial charge >= 0.3 is 6.01 Å². The van der Waals surface area contributed by atoms with Crippen LogP contribution in [0.4, 0.5) is 6.01 Å². The summed E-state index contributed by atoms with van der Waals surface area (Å²) in [6, 6.07) is 7.51. The molecule has 0 amide bonds. The molecule has 0 aromatic carbocycles. The molecule has 3 atom stereocenters. The van der Waals surface area contributed by atoms with Crippen molar-refractivity contribution in [3.63, 3.8) is 0 Å². The Kier molecular flexibility index (Phi) is 5.11. The van der Waals surface area contributed by atoms with Crippen molar-refractivity contribution >= 4 is 15.9 Å². The lowest BCUT2D eigenvalue weighted by Gasteiger charge is -2.16. The first-order chi connectivity index (χ1) is 15.3. The lowest BCUT2D eigenvalue weighted by Crippen LogP contribution is -2.25. The zero-order valence-electron chi connectivity index (χ0n) is 18.2. The predicted molar refractivity (Wildman–Crippen MR) is 117 cm³/mol. The van der Waals surface area contributed by atoms with E-state index in [-0.39, 0.29) is 10.8 Å². The van der Waals surface area contributed by atoms with Crippen LogP contribution in [0.25, 0.3) is 11.4 Å². The smallest absolute Gasteiger partial charge is 0.324 e. The Hall–Kier alpha value is -3.01. The molecule has 4 heterocycles. The molecule has 2 aliphatic rings. The summed E-state index contributed by atoms with van der Waals surface area (Å²) in [5.41, 5.74) is 1.28. The number of hydrogen-bond acceptors (Lipinski definition) is 9. The molecule has 1 aliphatic heterocycles.